The minimum absolute atomic E-state index is 0.201. The number of carbonyl (C=O) groups is 1. The lowest BCUT2D eigenvalue weighted by Gasteiger charge is -2.38. The van der Waals surface area contributed by atoms with Gasteiger partial charge in [-0.15, -0.1) is 0 Å². The van der Waals surface area contributed by atoms with Crippen molar-refractivity contribution in [1.29, 1.82) is 0 Å². The van der Waals surface area contributed by atoms with Gasteiger partial charge in [-0.1, -0.05) is 30.3 Å². The number of hydrogen-bond acceptors (Lipinski definition) is 4. The number of methoxy groups -OCH3 is 1. The second-order valence-corrected chi connectivity index (χ2v) is 6.25. The molecule has 114 valence electrons. The molecule has 4 heteroatoms. The molecule has 3 unspecified atom stereocenters. The van der Waals surface area contributed by atoms with E-state index in [1.165, 1.54) is 20.0 Å². The largest absolute Gasteiger partial charge is 0.468 e. The van der Waals surface area contributed by atoms with Crippen LogP contribution in [0, 0.1) is 0 Å². The van der Waals surface area contributed by atoms with Crippen molar-refractivity contribution in [1.82, 2.24) is 10.2 Å². The van der Waals surface area contributed by atoms with Gasteiger partial charge in [0, 0.05) is 18.1 Å². The van der Waals surface area contributed by atoms with Crippen LogP contribution in [0.15, 0.2) is 30.3 Å². The Labute approximate surface area is 126 Å². The summed E-state index contributed by atoms with van der Waals surface area (Å²) in [6, 6.07) is 11.2. The zero-order valence-electron chi connectivity index (χ0n) is 12.8. The second-order valence-electron chi connectivity index (χ2n) is 6.25. The molecular formula is C17H24N2O2. The molecule has 0 radical (unpaired) electrons. The lowest BCUT2D eigenvalue weighted by atomic mass is 9.96. The number of nitrogens with one attached hydrogen (secondary N) is 1. The van der Waals surface area contributed by atoms with E-state index < -0.39 is 0 Å². The number of ether oxygens (including phenoxy) is 1. The van der Waals surface area contributed by atoms with Gasteiger partial charge >= 0.3 is 5.97 Å². The van der Waals surface area contributed by atoms with Crippen LogP contribution in [0.4, 0.5) is 0 Å². The Morgan fingerprint density at radius 1 is 1.24 bits per heavy atom. The van der Waals surface area contributed by atoms with Crippen LogP contribution >= 0.6 is 0 Å². The lowest BCUT2D eigenvalue weighted by molar-refractivity contribution is -0.143. The molecule has 2 saturated heterocycles. The van der Waals surface area contributed by atoms with E-state index in [0.29, 0.717) is 18.1 Å². The van der Waals surface area contributed by atoms with E-state index in [4.69, 9.17) is 4.74 Å². The fourth-order valence-electron chi connectivity index (χ4n) is 3.85. The van der Waals surface area contributed by atoms with E-state index in [2.05, 4.69) is 17.3 Å². The van der Waals surface area contributed by atoms with Crippen LogP contribution in [0.2, 0.25) is 0 Å². The molecule has 0 spiro atoms. The number of hydrogen-bond donors (Lipinski definition) is 1. The topological polar surface area (TPSA) is 41.6 Å². The van der Waals surface area contributed by atoms with Crippen LogP contribution in [0.25, 0.3) is 0 Å². The van der Waals surface area contributed by atoms with Crippen molar-refractivity contribution in [2.45, 2.75) is 49.9 Å². The van der Waals surface area contributed by atoms with Crippen molar-refractivity contribution in [2.75, 3.05) is 14.2 Å². The van der Waals surface area contributed by atoms with Gasteiger partial charge in [0.1, 0.15) is 6.04 Å². The molecule has 2 heterocycles. The van der Waals surface area contributed by atoms with E-state index in [-0.39, 0.29) is 12.0 Å². The van der Waals surface area contributed by atoms with Crippen LogP contribution in [0.1, 0.15) is 37.3 Å². The zero-order chi connectivity index (χ0) is 14.8. The van der Waals surface area contributed by atoms with Crippen LogP contribution < -0.4 is 5.32 Å². The average Bonchev–Trinajstić information content (AvgIpc) is 2.75. The molecule has 2 aliphatic heterocycles. The number of fused-ring (bicyclic) bond motifs is 2. The Morgan fingerprint density at radius 3 is 2.43 bits per heavy atom. The third-order valence-corrected chi connectivity index (χ3v) is 5.07. The van der Waals surface area contributed by atoms with Gasteiger partial charge in [0.2, 0.25) is 0 Å². The minimum Gasteiger partial charge on any atom is -0.468 e. The van der Waals surface area contributed by atoms with Gasteiger partial charge in [0.05, 0.1) is 7.11 Å². The molecule has 2 fully saturated rings. The third-order valence-electron chi connectivity index (χ3n) is 5.07. The summed E-state index contributed by atoms with van der Waals surface area (Å²) >= 11 is 0. The molecule has 1 aromatic carbocycles. The highest BCUT2D eigenvalue weighted by Crippen LogP contribution is 2.35. The van der Waals surface area contributed by atoms with E-state index in [9.17, 15) is 4.79 Å². The van der Waals surface area contributed by atoms with Crippen LogP contribution in [-0.2, 0) is 9.53 Å². The number of esters is 1. The van der Waals surface area contributed by atoms with E-state index in [1.54, 1.807) is 0 Å². The molecule has 3 rings (SSSR count). The van der Waals surface area contributed by atoms with Gasteiger partial charge in [0.15, 0.2) is 0 Å². The van der Waals surface area contributed by atoms with Crippen molar-refractivity contribution >= 4 is 5.97 Å². The Bertz CT molecular complexity index is 477. The molecule has 1 aromatic rings. The summed E-state index contributed by atoms with van der Waals surface area (Å²) in [6.45, 7) is 0. The summed E-state index contributed by atoms with van der Waals surface area (Å²) in [5.41, 5.74) is 0.982. The van der Waals surface area contributed by atoms with Crippen molar-refractivity contribution in [3.05, 3.63) is 35.9 Å². The van der Waals surface area contributed by atoms with Gasteiger partial charge in [-0.25, -0.2) is 4.79 Å². The smallest absolute Gasteiger partial charge is 0.327 e. The van der Waals surface area contributed by atoms with Crippen molar-refractivity contribution in [2.24, 2.45) is 0 Å². The summed E-state index contributed by atoms with van der Waals surface area (Å²) in [5, 5.41) is 3.54. The molecule has 2 bridgehead atoms. The molecule has 0 aliphatic carbocycles. The molecule has 0 saturated carbocycles. The van der Waals surface area contributed by atoms with Crippen molar-refractivity contribution in [3.8, 4) is 0 Å². The van der Waals surface area contributed by atoms with E-state index in [0.717, 1.165) is 18.4 Å². The zero-order valence-corrected chi connectivity index (χ0v) is 12.8. The molecule has 2 aliphatic rings. The van der Waals surface area contributed by atoms with Crippen molar-refractivity contribution < 1.29 is 9.53 Å². The van der Waals surface area contributed by atoms with Gasteiger partial charge in [-0.05, 0) is 38.3 Å². The molecule has 3 atom stereocenters. The Balaban J connectivity index is 1.72. The number of carbonyl (C=O) groups excluding carboxylic acids is 1. The molecular weight excluding hydrogens is 264 g/mol. The van der Waals surface area contributed by atoms with Crippen LogP contribution in [0.3, 0.4) is 0 Å². The first-order valence-electron chi connectivity index (χ1n) is 7.79. The van der Waals surface area contributed by atoms with Gasteiger partial charge in [0.25, 0.3) is 0 Å². The average molecular weight is 288 g/mol. The summed E-state index contributed by atoms with van der Waals surface area (Å²) in [4.78, 5) is 14.6. The quantitative estimate of drug-likeness (QED) is 0.862. The van der Waals surface area contributed by atoms with Crippen molar-refractivity contribution in [3.63, 3.8) is 0 Å². The summed E-state index contributed by atoms with van der Waals surface area (Å²) in [5.74, 6) is -0.201. The molecule has 0 amide bonds. The van der Waals surface area contributed by atoms with E-state index in [1.807, 2.05) is 30.3 Å². The number of piperidine rings is 1. The molecule has 4 nitrogen and oxygen atoms in total. The highest BCUT2D eigenvalue weighted by atomic mass is 16.5. The fourth-order valence-corrected chi connectivity index (χ4v) is 3.85. The minimum atomic E-state index is -0.357. The molecule has 21 heavy (non-hydrogen) atoms. The number of benzene rings is 1. The first-order chi connectivity index (χ1) is 10.2. The fraction of sp³-hybridized carbons (Fsp3) is 0.588. The maximum atomic E-state index is 12.1. The Hall–Kier alpha value is -1.39. The van der Waals surface area contributed by atoms with Gasteiger partial charge in [-0.3, -0.25) is 5.32 Å². The predicted octanol–water partition coefficient (Wildman–Crippen LogP) is 2.12. The lowest BCUT2D eigenvalue weighted by Crippen LogP contribution is -2.49. The van der Waals surface area contributed by atoms with Crippen LogP contribution in [0.5, 0.6) is 0 Å². The predicted molar refractivity (Wildman–Crippen MR) is 81.9 cm³/mol. The highest BCUT2D eigenvalue weighted by Gasteiger charge is 2.39. The highest BCUT2D eigenvalue weighted by molar-refractivity contribution is 5.77. The number of rotatable bonds is 4. The summed E-state index contributed by atoms with van der Waals surface area (Å²) in [6.07, 6.45) is 4.81. The maximum Gasteiger partial charge on any atom is 0.327 e. The van der Waals surface area contributed by atoms with E-state index >= 15 is 0 Å². The maximum absolute atomic E-state index is 12.1. The third kappa shape index (κ3) is 2.97. The first kappa shape index (κ1) is 14.5. The van der Waals surface area contributed by atoms with Crippen LogP contribution in [-0.4, -0.2) is 43.2 Å². The monoisotopic (exact) mass is 288 g/mol. The Morgan fingerprint density at radius 2 is 1.86 bits per heavy atom. The van der Waals surface area contributed by atoms with Gasteiger partial charge < -0.3 is 9.64 Å². The summed E-state index contributed by atoms with van der Waals surface area (Å²) in [7, 11) is 3.69. The standard InChI is InChI=1S/C17H24N2O2/c1-19-14-8-9-15(19)11-13(10-14)18-16(17(20)21-2)12-6-4-3-5-7-12/h3-7,13-16,18H,8-11H2,1-2H3. The second kappa shape index (κ2) is 6.16. The first-order valence-corrected chi connectivity index (χ1v) is 7.79. The number of nitrogens with zero attached hydrogens (tertiary/aromatic N) is 1. The van der Waals surface area contributed by atoms with Gasteiger partial charge in [-0.2, -0.15) is 0 Å². The SMILES string of the molecule is COC(=O)C(NC1CC2CCC(C1)N2C)c1ccccc1. The normalized spacial score (nSPS) is 30.1. The Kier molecular flexibility index (Phi) is 4.27. The summed E-state index contributed by atoms with van der Waals surface area (Å²) < 4.78 is 4.99. The molecule has 0 aromatic heterocycles. The molecule has 1 N–H and O–H groups in total.